The Bertz CT molecular complexity index is 886. The molecule has 112 valence electrons. The molecular weight excluding hydrogens is 285 g/mol. The molecular formula is C16H14FN3O2. The van der Waals surface area contributed by atoms with Gasteiger partial charge in [0, 0.05) is 11.4 Å². The Balaban J connectivity index is 2.03. The fourth-order valence-electron chi connectivity index (χ4n) is 2.35. The van der Waals surface area contributed by atoms with Gasteiger partial charge in [0.1, 0.15) is 5.82 Å². The summed E-state index contributed by atoms with van der Waals surface area (Å²) in [6.07, 6.45) is 0. The van der Waals surface area contributed by atoms with E-state index < -0.39 is 0 Å². The highest BCUT2D eigenvalue weighted by Gasteiger charge is 2.18. The molecule has 0 saturated heterocycles. The van der Waals surface area contributed by atoms with Crippen molar-refractivity contribution in [1.82, 2.24) is 10.1 Å². The molecule has 0 atom stereocenters. The molecule has 3 aromatic rings. The zero-order chi connectivity index (χ0) is 15.9. The second kappa shape index (κ2) is 5.22. The Morgan fingerprint density at radius 1 is 1.23 bits per heavy atom. The number of rotatable bonds is 2. The van der Waals surface area contributed by atoms with Gasteiger partial charge < -0.3 is 9.84 Å². The van der Waals surface area contributed by atoms with Crippen LogP contribution < -0.4 is 5.32 Å². The molecule has 0 spiro atoms. The van der Waals surface area contributed by atoms with Crippen molar-refractivity contribution in [3.8, 4) is 0 Å². The average molecular weight is 299 g/mol. The maximum Gasteiger partial charge on any atom is 0.258 e. The number of aryl methyl sites for hydroxylation is 3. The second-order valence-electron chi connectivity index (χ2n) is 5.17. The molecule has 0 saturated carbocycles. The summed E-state index contributed by atoms with van der Waals surface area (Å²) in [5.74, 6) is -0.649. The highest BCUT2D eigenvalue weighted by atomic mass is 19.1. The molecule has 3 rings (SSSR count). The van der Waals surface area contributed by atoms with E-state index in [-0.39, 0.29) is 11.7 Å². The predicted molar refractivity (Wildman–Crippen MR) is 80.4 cm³/mol. The Morgan fingerprint density at radius 3 is 2.73 bits per heavy atom. The molecule has 0 fully saturated rings. The summed E-state index contributed by atoms with van der Waals surface area (Å²) in [4.78, 5) is 16.8. The number of aromatic nitrogens is 2. The van der Waals surface area contributed by atoms with Crippen molar-refractivity contribution in [3.05, 3.63) is 52.6 Å². The topological polar surface area (TPSA) is 68.0 Å². The van der Waals surface area contributed by atoms with Crippen LogP contribution in [0.25, 0.3) is 11.1 Å². The molecule has 2 aromatic heterocycles. The average Bonchev–Trinajstić information content (AvgIpc) is 2.82. The number of amides is 1. The van der Waals surface area contributed by atoms with Gasteiger partial charge in [-0.05, 0) is 50.6 Å². The fourth-order valence-corrected chi connectivity index (χ4v) is 2.35. The van der Waals surface area contributed by atoms with Crippen LogP contribution in [0.1, 0.15) is 27.3 Å². The van der Waals surface area contributed by atoms with Crippen LogP contribution in [0.4, 0.5) is 10.1 Å². The minimum absolute atomic E-state index is 0.309. The van der Waals surface area contributed by atoms with Gasteiger partial charge in [0.2, 0.25) is 0 Å². The molecule has 2 heterocycles. The fraction of sp³-hybridized carbons (Fsp3) is 0.188. The normalized spacial score (nSPS) is 10.9. The number of benzene rings is 1. The van der Waals surface area contributed by atoms with Crippen LogP contribution in [-0.2, 0) is 0 Å². The molecule has 0 unspecified atom stereocenters. The highest BCUT2D eigenvalue weighted by Crippen LogP contribution is 2.24. The number of carbonyl (C=O) groups is 1. The molecule has 6 heteroatoms. The van der Waals surface area contributed by atoms with E-state index in [1.54, 1.807) is 26.8 Å². The van der Waals surface area contributed by atoms with Gasteiger partial charge in [-0.1, -0.05) is 5.16 Å². The molecule has 0 aliphatic heterocycles. The van der Waals surface area contributed by atoms with Crippen LogP contribution in [0.3, 0.4) is 0 Å². The van der Waals surface area contributed by atoms with E-state index >= 15 is 0 Å². The van der Waals surface area contributed by atoms with Gasteiger partial charge >= 0.3 is 0 Å². The molecule has 0 radical (unpaired) electrons. The van der Waals surface area contributed by atoms with Crippen LogP contribution in [0, 0.1) is 26.6 Å². The lowest BCUT2D eigenvalue weighted by molar-refractivity contribution is 0.102. The van der Waals surface area contributed by atoms with Gasteiger partial charge in [-0.2, -0.15) is 0 Å². The van der Waals surface area contributed by atoms with Gasteiger partial charge in [0.05, 0.1) is 16.6 Å². The highest BCUT2D eigenvalue weighted by molar-refractivity contribution is 6.12. The lowest BCUT2D eigenvalue weighted by Crippen LogP contribution is -2.14. The monoisotopic (exact) mass is 299 g/mol. The summed E-state index contributed by atoms with van der Waals surface area (Å²) >= 11 is 0. The van der Waals surface area contributed by atoms with Crippen molar-refractivity contribution in [2.75, 3.05) is 5.32 Å². The lowest BCUT2D eigenvalue weighted by Gasteiger charge is -2.09. The first kappa shape index (κ1) is 14.2. The minimum Gasteiger partial charge on any atom is -0.336 e. The number of hydrogen-bond donors (Lipinski definition) is 1. The molecule has 1 aromatic carbocycles. The zero-order valence-corrected chi connectivity index (χ0v) is 12.4. The number of pyridine rings is 1. The first-order valence-electron chi connectivity index (χ1n) is 6.77. The molecule has 22 heavy (non-hydrogen) atoms. The Morgan fingerprint density at radius 2 is 2.00 bits per heavy atom. The molecule has 1 N–H and O–H groups in total. The maximum atomic E-state index is 13.1. The third-order valence-electron chi connectivity index (χ3n) is 3.43. The Kier molecular flexibility index (Phi) is 3.36. The molecule has 1 amide bonds. The largest absolute Gasteiger partial charge is 0.336 e. The number of nitrogens with zero attached hydrogens (tertiary/aromatic N) is 2. The van der Waals surface area contributed by atoms with Crippen LogP contribution in [0.2, 0.25) is 0 Å². The number of hydrogen-bond acceptors (Lipinski definition) is 4. The summed E-state index contributed by atoms with van der Waals surface area (Å²) in [7, 11) is 0. The Labute approximate surface area is 126 Å². The number of carbonyl (C=O) groups excluding carboxylic acids is 1. The van der Waals surface area contributed by atoms with Crippen molar-refractivity contribution in [1.29, 1.82) is 0 Å². The zero-order valence-electron chi connectivity index (χ0n) is 12.4. The SMILES string of the molecule is Cc1cc(C(=O)Nc2ccc(F)cc2C)c2c(C)noc2n1. The van der Waals surface area contributed by atoms with Gasteiger partial charge in [0.25, 0.3) is 11.6 Å². The van der Waals surface area contributed by atoms with E-state index in [4.69, 9.17) is 4.52 Å². The Hall–Kier alpha value is -2.76. The summed E-state index contributed by atoms with van der Waals surface area (Å²) in [6.45, 7) is 5.26. The van der Waals surface area contributed by atoms with Gasteiger partial charge in [0.15, 0.2) is 0 Å². The summed E-state index contributed by atoms with van der Waals surface area (Å²) in [5.41, 5.74) is 3.23. The molecule has 0 aliphatic rings. The number of fused-ring (bicyclic) bond motifs is 1. The summed E-state index contributed by atoms with van der Waals surface area (Å²) < 4.78 is 18.3. The molecule has 0 bridgehead atoms. The van der Waals surface area contributed by atoms with Crippen LogP contribution in [0.5, 0.6) is 0 Å². The van der Waals surface area contributed by atoms with Crippen molar-refractivity contribution in [2.24, 2.45) is 0 Å². The van der Waals surface area contributed by atoms with Gasteiger partial charge in [-0.15, -0.1) is 0 Å². The molecule has 0 aliphatic carbocycles. The van der Waals surface area contributed by atoms with Crippen molar-refractivity contribution in [3.63, 3.8) is 0 Å². The van der Waals surface area contributed by atoms with E-state index in [2.05, 4.69) is 15.5 Å². The van der Waals surface area contributed by atoms with E-state index in [0.717, 1.165) is 0 Å². The van der Waals surface area contributed by atoms with Crippen molar-refractivity contribution >= 4 is 22.7 Å². The summed E-state index contributed by atoms with van der Waals surface area (Å²) in [5, 5.41) is 7.22. The standard InChI is InChI=1S/C16H14FN3O2/c1-8-6-11(17)4-5-13(8)19-15(21)12-7-9(2)18-16-14(12)10(3)20-22-16/h4-7H,1-3H3,(H,19,21). The first-order valence-corrected chi connectivity index (χ1v) is 6.77. The van der Waals surface area contributed by atoms with Gasteiger partial charge in [-0.3, -0.25) is 4.79 Å². The van der Waals surface area contributed by atoms with Crippen LogP contribution in [0.15, 0.2) is 28.8 Å². The maximum absolute atomic E-state index is 13.1. The minimum atomic E-state index is -0.340. The van der Waals surface area contributed by atoms with Crippen LogP contribution in [-0.4, -0.2) is 16.0 Å². The lowest BCUT2D eigenvalue weighted by atomic mass is 10.1. The van der Waals surface area contributed by atoms with Crippen molar-refractivity contribution in [2.45, 2.75) is 20.8 Å². The third kappa shape index (κ3) is 2.43. The number of halogens is 1. The van der Waals surface area contributed by atoms with E-state index in [9.17, 15) is 9.18 Å². The number of nitrogens with one attached hydrogen (secondary N) is 1. The van der Waals surface area contributed by atoms with Crippen LogP contribution >= 0.6 is 0 Å². The van der Waals surface area contributed by atoms with E-state index in [1.807, 2.05) is 0 Å². The van der Waals surface area contributed by atoms with Crippen molar-refractivity contribution < 1.29 is 13.7 Å². The summed E-state index contributed by atoms with van der Waals surface area (Å²) in [6, 6.07) is 5.89. The van der Waals surface area contributed by atoms with E-state index in [0.29, 0.717) is 39.3 Å². The predicted octanol–water partition coefficient (Wildman–Crippen LogP) is 3.54. The first-order chi connectivity index (χ1) is 10.5. The quantitative estimate of drug-likeness (QED) is 0.786. The molecule has 5 nitrogen and oxygen atoms in total. The third-order valence-corrected chi connectivity index (χ3v) is 3.43. The smallest absolute Gasteiger partial charge is 0.258 e. The second-order valence-corrected chi connectivity index (χ2v) is 5.17. The van der Waals surface area contributed by atoms with E-state index in [1.165, 1.54) is 18.2 Å². The van der Waals surface area contributed by atoms with Gasteiger partial charge in [-0.25, -0.2) is 9.37 Å². The number of anilines is 1.